The Labute approximate surface area is 131 Å². The number of likely N-dealkylation sites (tertiary alicyclic amines) is 1. The first kappa shape index (κ1) is 15.0. The second-order valence-electron chi connectivity index (χ2n) is 6.07. The van der Waals surface area contributed by atoms with Gasteiger partial charge < -0.3 is 14.2 Å². The van der Waals surface area contributed by atoms with Gasteiger partial charge in [0.1, 0.15) is 5.75 Å². The Morgan fingerprint density at radius 3 is 3.14 bits per heavy atom. The summed E-state index contributed by atoms with van der Waals surface area (Å²) in [7, 11) is 2.14. The lowest BCUT2D eigenvalue weighted by Crippen LogP contribution is -2.30. The van der Waals surface area contributed by atoms with Crippen molar-refractivity contribution in [2.45, 2.75) is 32.1 Å². The number of hydrogen-bond donors (Lipinski definition) is 0. The van der Waals surface area contributed by atoms with E-state index in [2.05, 4.69) is 35.1 Å². The Kier molecular flexibility index (Phi) is 4.73. The quantitative estimate of drug-likeness (QED) is 0.850. The van der Waals surface area contributed by atoms with Gasteiger partial charge in [-0.25, -0.2) is 0 Å². The summed E-state index contributed by atoms with van der Waals surface area (Å²) >= 11 is 0. The van der Waals surface area contributed by atoms with Gasteiger partial charge in [-0.1, -0.05) is 17.3 Å². The summed E-state index contributed by atoms with van der Waals surface area (Å²) in [5, 5.41) is 4.08. The summed E-state index contributed by atoms with van der Waals surface area (Å²) in [6.07, 6.45) is 2.99. The first-order chi connectivity index (χ1) is 10.7. The predicted molar refractivity (Wildman–Crippen MR) is 84.1 cm³/mol. The molecule has 1 aliphatic heterocycles. The Bertz CT molecular complexity index is 611. The fourth-order valence-corrected chi connectivity index (χ4v) is 2.87. The zero-order valence-electron chi connectivity index (χ0n) is 13.3. The Balaban J connectivity index is 1.51. The number of aryl methyl sites for hydroxylation is 1. The van der Waals surface area contributed by atoms with E-state index in [9.17, 15) is 0 Å². The maximum Gasteiger partial charge on any atom is 0.231 e. The average molecular weight is 301 g/mol. The van der Waals surface area contributed by atoms with Crippen molar-refractivity contribution in [2.75, 3.05) is 26.7 Å². The standard InChI is InChI=1S/C17H23N3O2/c1-13-5-3-7-15(11-13)21-10-8-16-18-17(22-19-16)14-6-4-9-20(2)12-14/h3,5,7,11,14H,4,6,8-10,12H2,1-2H3. The van der Waals surface area contributed by atoms with Gasteiger partial charge in [-0.05, 0) is 51.1 Å². The molecule has 2 heterocycles. The molecule has 1 aromatic carbocycles. The van der Waals surface area contributed by atoms with E-state index in [1.54, 1.807) is 0 Å². The Morgan fingerprint density at radius 1 is 1.41 bits per heavy atom. The van der Waals surface area contributed by atoms with Crippen LogP contribution < -0.4 is 4.74 Å². The fourth-order valence-electron chi connectivity index (χ4n) is 2.87. The third-order valence-corrected chi connectivity index (χ3v) is 4.04. The molecule has 5 nitrogen and oxygen atoms in total. The highest BCUT2D eigenvalue weighted by atomic mass is 16.5. The summed E-state index contributed by atoms with van der Waals surface area (Å²) in [5.41, 5.74) is 1.20. The van der Waals surface area contributed by atoms with E-state index < -0.39 is 0 Å². The molecular formula is C17H23N3O2. The molecular weight excluding hydrogens is 278 g/mol. The number of piperidine rings is 1. The van der Waals surface area contributed by atoms with E-state index >= 15 is 0 Å². The highest BCUT2D eigenvalue weighted by Crippen LogP contribution is 2.24. The van der Waals surface area contributed by atoms with Crippen molar-refractivity contribution < 1.29 is 9.26 Å². The van der Waals surface area contributed by atoms with E-state index in [1.165, 1.54) is 12.0 Å². The first-order valence-electron chi connectivity index (χ1n) is 7.91. The molecule has 0 radical (unpaired) electrons. The number of rotatable bonds is 5. The summed E-state index contributed by atoms with van der Waals surface area (Å²) in [6, 6.07) is 8.04. The van der Waals surface area contributed by atoms with Crippen LogP contribution in [-0.4, -0.2) is 41.8 Å². The van der Waals surface area contributed by atoms with E-state index in [-0.39, 0.29) is 0 Å². The van der Waals surface area contributed by atoms with Crippen molar-refractivity contribution in [2.24, 2.45) is 0 Å². The topological polar surface area (TPSA) is 51.4 Å². The van der Waals surface area contributed by atoms with Crippen LogP contribution in [0.5, 0.6) is 5.75 Å². The number of likely N-dealkylation sites (N-methyl/N-ethyl adjacent to an activating group) is 1. The minimum atomic E-state index is 0.373. The monoisotopic (exact) mass is 301 g/mol. The molecule has 1 saturated heterocycles. The van der Waals surface area contributed by atoms with Crippen LogP contribution in [0, 0.1) is 6.92 Å². The van der Waals surface area contributed by atoms with Gasteiger partial charge in [0.25, 0.3) is 0 Å². The summed E-state index contributed by atoms with van der Waals surface area (Å²) in [5.74, 6) is 2.77. The zero-order valence-corrected chi connectivity index (χ0v) is 13.3. The first-order valence-corrected chi connectivity index (χ1v) is 7.91. The van der Waals surface area contributed by atoms with Crippen molar-refractivity contribution in [3.63, 3.8) is 0 Å². The van der Waals surface area contributed by atoms with E-state index in [4.69, 9.17) is 9.26 Å². The third kappa shape index (κ3) is 3.85. The number of aromatic nitrogens is 2. The maximum atomic E-state index is 5.73. The van der Waals surface area contributed by atoms with Crippen LogP contribution in [0.25, 0.3) is 0 Å². The lowest BCUT2D eigenvalue weighted by atomic mass is 9.98. The van der Waals surface area contributed by atoms with Gasteiger partial charge in [-0.2, -0.15) is 4.98 Å². The van der Waals surface area contributed by atoms with Crippen LogP contribution in [0.3, 0.4) is 0 Å². The van der Waals surface area contributed by atoms with Gasteiger partial charge in [0, 0.05) is 13.0 Å². The number of hydrogen-bond acceptors (Lipinski definition) is 5. The largest absolute Gasteiger partial charge is 0.493 e. The molecule has 0 saturated carbocycles. The molecule has 0 amide bonds. The molecule has 0 N–H and O–H groups in total. The normalized spacial score (nSPS) is 19.3. The lowest BCUT2D eigenvalue weighted by Gasteiger charge is -2.27. The SMILES string of the molecule is Cc1cccc(OCCc2noc(C3CCCN(C)C3)n2)c1. The van der Waals surface area contributed by atoms with E-state index in [0.717, 1.165) is 37.0 Å². The smallest absolute Gasteiger partial charge is 0.231 e. The van der Waals surface area contributed by atoms with Crippen LogP contribution in [0.4, 0.5) is 0 Å². The Morgan fingerprint density at radius 2 is 2.32 bits per heavy atom. The Hall–Kier alpha value is -1.88. The molecule has 1 aliphatic rings. The third-order valence-electron chi connectivity index (χ3n) is 4.04. The molecule has 1 atom stereocenters. The molecule has 1 aromatic heterocycles. The van der Waals surface area contributed by atoms with E-state index in [0.29, 0.717) is 18.9 Å². The zero-order chi connectivity index (χ0) is 15.4. The predicted octanol–water partition coefficient (Wildman–Crippen LogP) is 2.81. The fraction of sp³-hybridized carbons (Fsp3) is 0.529. The second-order valence-corrected chi connectivity index (χ2v) is 6.07. The molecule has 5 heteroatoms. The van der Waals surface area contributed by atoms with Gasteiger partial charge in [0.2, 0.25) is 5.89 Å². The van der Waals surface area contributed by atoms with Crippen LogP contribution in [0.2, 0.25) is 0 Å². The average Bonchev–Trinajstić information content (AvgIpc) is 2.96. The van der Waals surface area contributed by atoms with Gasteiger partial charge in [0.05, 0.1) is 12.5 Å². The van der Waals surface area contributed by atoms with Crippen LogP contribution in [0.15, 0.2) is 28.8 Å². The molecule has 0 bridgehead atoms. The van der Waals surface area contributed by atoms with Gasteiger partial charge >= 0.3 is 0 Å². The van der Waals surface area contributed by atoms with Crippen molar-refractivity contribution in [3.8, 4) is 5.75 Å². The van der Waals surface area contributed by atoms with Gasteiger partial charge in [-0.3, -0.25) is 0 Å². The highest BCUT2D eigenvalue weighted by Gasteiger charge is 2.24. The van der Waals surface area contributed by atoms with Crippen molar-refractivity contribution in [3.05, 3.63) is 41.5 Å². The molecule has 1 unspecified atom stereocenters. The molecule has 0 spiro atoms. The van der Waals surface area contributed by atoms with Gasteiger partial charge in [0.15, 0.2) is 5.82 Å². The molecule has 1 fully saturated rings. The van der Waals surface area contributed by atoms with Crippen molar-refractivity contribution >= 4 is 0 Å². The number of benzene rings is 1. The molecule has 3 rings (SSSR count). The van der Waals surface area contributed by atoms with Crippen LogP contribution >= 0.6 is 0 Å². The summed E-state index contributed by atoms with van der Waals surface area (Å²) < 4.78 is 11.2. The number of ether oxygens (including phenoxy) is 1. The van der Waals surface area contributed by atoms with Crippen molar-refractivity contribution in [1.29, 1.82) is 0 Å². The van der Waals surface area contributed by atoms with Crippen LogP contribution in [-0.2, 0) is 6.42 Å². The van der Waals surface area contributed by atoms with Crippen LogP contribution in [0.1, 0.15) is 36.0 Å². The van der Waals surface area contributed by atoms with Gasteiger partial charge in [-0.15, -0.1) is 0 Å². The molecule has 118 valence electrons. The molecule has 0 aliphatic carbocycles. The highest BCUT2D eigenvalue weighted by molar-refractivity contribution is 5.27. The molecule has 2 aromatic rings. The maximum absolute atomic E-state index is 5.73. The second kappa shape index (κ2) is 6.92. The lowest BCUT2D eigenvalue weighted by molar-refractivity contribution is 0.219. The minimum Gasteiger partial charge on any atom is -0.493 e. The number of nitrogens with zero attached hydrogens (tertiary/aromatic N) is 3. The summed E-state index contributed by atoms with van der Waals surface area (Å²) in [6.45, 7) is 4.77. The van der Waals surface area contributed by atoms with Crippen molar-refractivity contribution in [1.82, 2.24) is 15.0 Å². The van der Waals surface area contributed by atoms with E-state index in [1.807, 2.05) is 18.2 Å². The summed E-state index contributed by atoms with van der Waals surface area (Å²) in [4.78, 5) is 6.85. The minimum absolute atomic E-state index is 0.373. The molecule has 22 heavy (non-hydrogen) atoms.